The van der Waals surface area contributed by atoms with E-state index in [0.717, 1.165) is 55.2 Å². The first kappa shape index (κ1) is 19.6. The second-order valence-corrected chi connectivity index (χ2v) is 7.81. The summed E-state index contributed by atoms with van der Waals surface area (Å²) in [5.41, 5.74) is 4.41. The van der Waals surface area contributed by atoms with Crippen LogP contribution in [0.3, 0.4) is 0 Å². The van der Waals surface area contributed by atoms with Gasteiger partial charge in [-0.25, -0.2) is 0 Å². The Hall–Kier alpha value is -3.36. The highest BCUT2D eigenvalue weighted by molar-refractivity contribution is 5.59. The van der Waals surface area contributed by atoms with Crippen molar-refractivity contribution in [3.63, 3.8) is 0 Å². The summed E-state index contributed by atoms with van der Waals surface area (Å²) >= 11 is 0. The molecule has 1 saturated heterocycles. The number of aryl methyl sites for hydroxylation is 1. The minimum atomic E-state index is 0.661. The lowest BCUT2D eigenvalue weighted by Crippen LogP contribution is -2.46. The van der Waals surface area contributed by atoms with Gasteiger partial charge < -0.3 is 4.52 Å². The molecule has 0 N–H and O–H groups in total. The molecule has 1 aliphatic rings. The van der Waals surface area contributed by atoms with Crippen LogP contribution in [-0.2, 0) is 13.2 Å². The average Bonchev–Trinajstić information content (AvgIpc) is 3.46. The number of aromatic nitrogens is 5. The van der Waals surface area contributed by atoms with Crippen LogP contribution in [0.4, 0.5) is 0 Å². The van der Waals surface area contributed by atoms with E-state index in [4.69, 9.17) is 4.52 Å². The minimum absolute atomic E-state index is 0.661. The molecule has 1 aliphatic heterocycles. The molecule has 0 spiro atoms. The van der Waals surface area contributed by atoms with E-state index in [-0.39, 0.29) is 0 Å². The van der Waals surface area contributed by atoms with Crippen LogP contribution in [0.1, 0.15) is 11.5 Å². The number of nitrogens with zero attached hydrogens (tertiary/aromatic N) is 7. The summed E-state index contributed by atoms with van der Waals surface area (Å²) in [5.74, 6) is 1.33. The lowest BCUT2D eigenvalue weighted by atomic mass is 10.1. The van der Waals surface area contributed by atoms with Crippen LogP contribution in [0.5, 0.6) is 0 Å². The predicted octanol–water partition coefficient (Wildman–Crippen LogP) is 3.08. The zero-order chi connectivity index (χ0) is 21.0. The second-order valence-electron chi connectivity index (χ2n) is 7.81. The third-order valence-electron chi connectivity index (χ3n) is 5.70. The van der Waals surface area contributed by atoms with E-state index in [1.807, 2.05) is 55.0 Å². The number of hydrogen-bond donors (Lipinski definition) is 0. The van der Waals surface area contributed by atoms with Gasteiger partial charge in [-0.15, -0.1) is 0 Å². The molecule has 0 saturated carbocycles. The van der Waals surface area contributed by atoms with Gasteiger partial charge in [0, 0.05) is 55.9 Å². The van der Waals surface area contributed by atoms with Crippen LogP contribution >= 0.6 is 0 Å². The first-order chi connectivity index (χ1) is 15.3. The van der Waals surface area contributed by atoms with Crippen molar-refractivity contribution in [3.8, 4) is 22.6 Å². The van der Waals surface area contributed by atoms with Gasteiger partial charge in [-0.2, -0.15) is 10.1 Å². The number of piperazine rings is 1. The second kappa shape index (κ2) is 8.79. The number of benzene rings is 1. The van der Waals surface area contributed by atoms with Crippen molar-refractivity contribution in [2.75, 3.05) is 26.2 Å². The molecule has 0 unspecified atom stereocenters. The van der Waals surface area contributed by atoms with Crippen LogP contribution < -0.4 is 0 Å². The van der Waals surface area contributed by atoms with Gasteiger partial charge >= 0.3 is 0 Å². The molecule has 4 aromatic rings. The molecule has 0 bridgehead atoms. The first-order valence-corrected chi connectivity index (χ1v) is 10.5. The monoisotopic (exact) mass is 415 g/mol. The van der Waals surface area contributed by atoms with Crippen LogP contribution in [-0.4, -0.2) is 60.9 Å². The van der Waals surface area contributed by atoms with Gasteiger partial charge in [0.25, 0.3) is 0 Å². The smallest absolute Gasteiger partial charge is 0.241 e. The zero-order valence-electron chi connectivity index (χ0n) is 17.6. The molecular formula is C23H25N7O. The van der Waals surface area contributed by atoms with Crippen molar-refractivity contribution in [2.45, 2.75) is 20.1 Å². The Morgan fingerprint density at radius 2 is 1.68 bits per heavy atom. The predicted molar refractivity (Wildman–Crippen MR) is 117 cm³/mol. The SMILES string of the molecule is Cc1ccccc1-c1noc(CN2CCN(Cn3nccc3-c3ccncc3)CC2)n1. The molecule has 31 heavy (non-hydrogen) atoms. The molecule has 3 aromatic heterocycles. The maximum atomic E-state index is 5.52. The lowest BCUT2D eigenvalue weighted by Gasteiger charge is -2.34. The van der Waals surface area contributed by atoms with Gasteiger partial charge in [0.15, 0.2) is 0 Å². The number of hydrogen-bond acceptors (Lipinski definition) is 7. The topological polar surface area (TPSA) is 76.1 Å². The van der Waals surface area contributed by atoms with E-state index in [1.54, 1.807) is 0 Å². The normalized spacial score (nSPS) is 15.4. The van der Waals surface area contributed by atoms with Gasteiger partial charge in [-0.05, 0) is 30.7 Å². The van der Waals surface area contributed by atoms with Crippen LogP contribution in [0, 0.1) is 6.92 Å². The summed E-state index contributed by atoms with van der Waals surface area (Å²) < 4.78 is 7.57. The van der Waals surface area contributed by atoms with E-state index >= 15 is 0 Å². The Morgan fingerprint density at radius 1 is 0.903 bits per heavy atom. The highest BCUT2D eigenvalue weighted by atomic mass is 16.5. The third kappa shape index (κ3) is 4.40. The van der Waals surface area contributed by atoms with Gasteiger partial charge in [-0.1, -0.05) is 29.4 Å². The Morgan fingerprint density at radius 3 is 2.48 bits per heavy atom. The van der Waals surface area contributed by atoms with Crippen molar-refractivity contribution in [3.05, 3.63) is 72.5 Å². The summed E-state index contributed by atoms with van der Waals surface area (Å²) in [6.07, 6.45) is 5.48. The molecule has 158 valence electrons. The Bertz CT molecular complexity index is 1130. The number of pyridine rings is 1. The Kier molecular flexibility index (Phi) is 5.56. The average molecular weight is 416 g/mol. The molecule has 4 heterocycles. The molecule has 1 aromatic carbocycles. The van der Waals surface area contributed by atoms with E-state index in [2.05, 4.69) is 47.7 Å². The molecule has 5 rings (SSSR count). The van der Waals surface area contributed by atoms with E-state index in [9.17, 15) is 0 Å². The maximum Gasteiger partial charge on any atom is 0.241 e. The van der Waals surface area contributed by atoms with Crippen molar-refractivity contribution >= 4 is 0 Å². The van der Waals surface area contributed by atoms with E-state index < -0.39 is 0 Å². The van der Waals surface area contributed by atoms with E-state index in [1.165, 1.54) is 0 Å². The summed E-state index contributed by atoms with van der Waals surface area (Å²) in [4.78, 5) is 13.5. The van der Waals surface area contributed by atoms with Crippen molar-refractivity contribution in [1.82, 2.24) is 34.7 Å². The highest BCUT2D eigenvalue weighted by Crippen LogP contribution is 2.21. The van der Waals surface area contributed by atoms with Gasteiger partial charge in [0.1, 0.15) is 0 Å². The first-order valence-electron chi connectivity index (χ1n) is 10.5. The minimum Gasteiger partial charge on any atom is -0.338 e. The van der Waals surface area contributed by atoms with Crippen LogP contribution in [0.15, 0.2) is 65.6 Å². The largest absolute Gasteiger partial charge is 0.338 e. The summed E-state index contributed by atoms with van der Waals surface area (Å²) in [6, 6.07) is 14.2. The van der Waals surface area contributed by atoms with Gasteiger partial charge in [0.2, 0.25) is 11.7 Å². The Balaban J connectivity index is 1.17. The molecule has 8 heteroatoms. The Labute approximate surface area is 181 Å². The highest BCUT2D eigenvalue weighted by Gasteiger charge is 2.21. The van der Waals surface area contributed by atoms with Crippen LogP contribution in [0.2, 0.25) is 0 Å². The van der Waals surface area contributed by atoms with Crippen LogP contribution in [0.25, 0.3) is 22.6 Å². The van der Waals surface area contributed by atoms with Crippen molar-refractivity contribution in [2.24, 2.45) is 0 Å². The summed E-state index contributed by atoms with van der Waals surface area (Å²) in [5, 5.41) is 8.70. The fourth-order valence-corrected chi connectivity index (χ4v) is 3.94. The van der Waals surface area contributed by atoms with E-state index in [0.29, 0.717) is 18.3 Å². The molecule has 8 nitrogen and oxygen atoms in total. The zero-order valence-corrected chi connectivity index (χ0v) is 17.6. The van der Waals surface area contributed by atoms with Crippen molar-refractivity contribution < 1.29 is 4.52 Å². The molecule has 0 atom stereocenters. The third-order valence-corrected chi connectivity index (χ3v) is 5.70. The van der Waals surface area contributed by atoms with Gasteiger partial charge in [-0.3, -0.25) is 19.5 Å². The molecule has 1 fully saturated rings. The molecule has 0 aliphatic carbocycles. The quantitative estimate of drug-likeness (QED) is 0.479. The molecule has 0 amide bonds. The molecular weight excluding hydrogens is 390 g/mol. The molecule has 0 radical (unpaired) electrons. The summed E-state index contributed by atoms with van der Waals surface area (Å²) in [7, 11) is 0. The summed E-state index contributed by atoms with van der Waals surface area (Å²) in [6.45, 7) is 7.35. The maximum absolute atomic E-state index is 5.52. The fraction of sp³-hybridized carbons (Fsp3) is 0.304. The van der Waals surface area contributed by atoms with Gasteiger partial charge in [0.05, 0.1) is 18.9 Å². The fourth-order valence-electron chi connectivity index (χ4n) is 3.94. The lowest BCUT2D eigenvalue weighted by molar-refractivity contribution is 0.0920. The number of rotatable bonds is 6. The van der Waals surface area contributed by atoms with Crippen molar-refractivity contribution in [1.29, 1.82) is 0 Å². The standard InChI is InChI=1S/C23H25N7O/c1-18-4-2-3-5-20(18)23-26-22(31-27-23)16-28-12-14-29(15-13-28)17-30-21(8-11-25-30)19-6-9-24-10-7-19/h2-11H,12-17H2,1H3.